The Hall–Kier alpha value is -3.12. The van der Waals surface area contributed by atoms with Crippen molar-refractivity contribution in [2.75, 3.05) is 14.2 Å². The molecular formula is C22H23N3O3. The predicted molar refractivity (Wildman–Crippen MR) is 106 cm³/mol. The van der Waals surface area contributed by atoms with E-state index in [2.05, 4.69) is 16.3 Å². The number of fused-ring (bicyclic) bond motifs is 1. The number of nitrogens with one attached hydrogen (secondary N) is 1. The monoisotopic (exact) mass is 377 g/mol. The molecule has 0 bridgehead atoms. The van der Waals surface area contributed by atoms with Crippen LogP contribution in [-0.2, 0) is 35.6 Å². The molecule has 0 spiro atoms. The minimum Gasteiger partial charge on any atom is -0.497 e. The average Bonchev–Trinajstić information content (AvgIpc) is 3.12. The largest absolute Gasteiger partial charge is 0.497 e. The first-order valence-corrected chi connectivity index (χ1v) is 9.23. The number of carbonyl (C=O) groups excluding carboxylic acids is 1. The van der Waals surface area contributed by atoms with Crippen molar-refractivity contribution in [3.05, 3.63) is 70.9 Å². The molecule has 2 heterocycles. The second-order valence-electron chi connectivity index (χ2n) is 6.94. The van der Waals surface area contributed by atoms with Gasteiger partial charge in [0.15, 0.2) is 0 Å². The number of amides is 1. The van der Waals surface area contributed by atoms with E-state index in [9.17, 15) is 4.79 Å². The fourth-order valence-corrected chi connectivity index (χ4v) is 3.57. The number of hydrogen-bond acceptors (Lipinski definition) is 4. The molecule has 6 heteroatoms. The van der Waals surface area contributed by atoms with Gasteiger partial charge in [0.25, 0.3) is 0 Å². The van der Waals surface area contributed by atoms with Gasteiger partial charge in [-0.2, -0.15) is 5.10 Å². The fourth-order valence-electron chi connectivity index (χ4n) is 3.57. The molecule has 3 aromatic rings. The fraction of sp³-hybridized carbons (Fsp3) is 0.273. The number of benzene rings is 2. The molecule has 1 aromatic heterocycles. The van der Waals surface area contributed by atoms with Gasteiger partial charge in [-0.25, -0.2) is 0 Å². The Morgan fingerprint density at radius 1 is 1.11 bits per heavy atom. The van der Waals surface area contributed by atoms with Crippen molar-refractivity contribution in [2.24, 2.45) is 0 Å². The SMILES string of the molecule is COCc1cccc(-c2n[nH]c3c2CC(=O)N(Cc2ccc(OC)cc2)C3)c1. The molecule has 1 aliphatic rings. The van der Waals surface area contributed by atoms with Crippen LogP contribution in [0.25, 0.3) is 11.3 Å². The van der Waals surface area contributed by atoms with Crippen molar-refractivity contribution < 1.29 is 14.3 Å². The number of hydrogen-bond donors (Lipinski definition) is 1. The molecule has 144 valence electrons. The Morgan fingerprint density at radius 3 is 2.68 bits per heavy atom. The summed E-state index contributed by atoms with van der Waals surface area (Å²) >= 11 is 0. The van der Waals surface area contributed by atoms with Gasteiger partial charge in [0.05, 0.1) is 38.1 Å². The molecule has 28 heavy (non-hydrogen) atoms. The van der Waals surface area contributed by atoms with E-state index in [0.29, 0.717) is 26.1 Å². The van der Waals surface area contributed by atoms with Gasteiger partial charge < -0.3 is 14.4 Å². The van der Waals surface area contributed by atoms with Crippen LogP contribution in [0.15, 0.2) is 48.5 Å². The number of rotatable bonds is 6. The molecule has 0 fully saturated rings. The summed E-state index contributed by atoms with van der Waals surface area (Å²) in [6.07, 6.45) is 0.353. The number of aromatic amines is 1. The van der Waals surface area contributed by atoms with E-state index in [0.717, 1.165) is 39.4 Å². The molecule has 6 nitrogen and oxygen atoms in total. The molecule has 1 aliphatic heterocycles. The standard InChI is InChI=1S/C22H23N3O3/c1-27-14-16-4-3-5-17(10-16)22-19-11-21(26)25(13-20(19)23-24-22)12-15-6-8-18(28-2)9-7-15/h3-10H,11-14H2,1-2H3,(H,23,24). The number of methoxy groups -OCH3 is 2. The second-order valence-corrected chi connectivity index (χ2v) is 6.94. The highest BCUT2D eigenvalue weighted by Gasteiger charge is 2.28. The maximum atomic E-state index is 12.8. The molecule has 0 atom stereocenters. The molecule has 1 amide bonds. The smallest absolute Gasteiger partial charge is 0.227 e. The van der Waals surface area contributed by atoms with E-state index in [-0.39, 0.29) is 5.91 Å². The van der Waals surface area contributed by atoms with E-state index in [1.54, 1.807) is 14.2 Å². The van der Waals surface area contributed by atoms with Gasteiger partial charge >= 0.3 is 0 Å². The van der Waals surface area contributed by atoms with Gasteiger partial charge in [-0.1, -0.05) is 30.3 Å². The Morgan fingerprint density at radius 2 is 1.93 bits per heavy atom. The second kappa shape index (κ2) is 7.86. The summed E-state index contributed by atoms with van der Waals surface area (Å²) in [5, 5.41) is 7.64. The summed E-state index contributed by atoms with van der Waals surface area (Å²) in [4.78, 5) is 14.6. The van der Waals surface area contributed by atoms with Crippen LogP contribution in [0.5, 0.6) is 5.75 Å². The third kappa shape index (κ3) is 3.64. The molecular weight excluding hydrogens is 354 g/mol. The van der Waals surface area contributed by atoms with Crippen molar-refractivity contribution in [1.29, 1.82) is 0 Å². The quantitative estimate of drug-likeness (QED) is 0.716. The van der Waals surface area contributed by atoms with Crippen LogP contribution in [0.1, 0.15) is 22.4 Å². The Kier molecular flexibility index (Phi) is 5.12. The van der Waals surface area contributed by atoms with Crippen molar-refractivity contribution >= 4 is 5.91 Å². The van der Waals surface area contributed by atoms with Crippen molar-refractivity contribution in [3.8, 4) is 17.0 Å². The minimum absolute atomic E-state index is 0.110. The van der Waals surface area contributed by atoms with E-state index in [1.165, 1.54) is 0 Å². The number of aromatic nitrogens is 2. The summed E-state index contributed by atoms with van der Waals surface area (Å²) in [5.41, 5.74) is 6.00. The van der Waals surface area contributed by atoms with Gasteiger partial charge in [0, 0.05) is 24.8 Å². The van der Waals surface area contributed by atoms with E-state index in [1.807, 2.05) is 47.4 Å². The summed E-state index contributed by atoms with van der Waals surface area (Å²) in [6.45, 7) is 1.65. The number of ether oxygens (including phenoxy) is 2. The molecule has 2 aromatic carbocycles. The lowest BCUT2D eigenvalue weighted by molar-refractivity contribution is -0.132. The van der Waals surface area contributed by atoms with Crippen molar-refractivity contribution in [2.45, 2.75) is 26.1 Å². The van der Waals surface area contributed by atoms with Gasteiger partial charge in [0.2, 0.25) is 5.91 Å². The zero-order valence-electron chi connectivity index (χ0n) is 16.1. The van der Waals surface area contributed by atoms with Crippen molar-refractivity contribution in [3.63, 3.8) is 0 Å². The van der Waals surface area contributed by atoms with E-state index < -0.39 is 0 Å². The van der Waals surface area contributed by atoms with Crippen LogP contribution in [-0.4, -0.2) is 35.2 Å². The zero-order chi connectivity index (χ0) is 19.5. The first-order valence-electron chi connectivity index (χ1n) is 9.23. The lowest BCUT2D eigenvalue weighted by Crippen LogP contribution is -2.35. The summed E-state index contributed by atoms with van der Waals surface area (Å²) in [5.74, 6) is 0.920. The number of nitrogens with zero attached hydrogens (tertiary/aromatic N) is 2. The molecule has 0 saturated carbocycles. The lowest BCUT2D eigenvalue weighted by Gasteiger charge is -2.27. The normalized spacial score (nSPS) is 13.5. The van der Waals surface area contributed by atoms with Crippen LogP contribution in [0.2, 0.25) is 0 Å². The third-order valence-electron chi connectivity index (χ3n) is 5.03. The molecule has 0 radical (unpaired) electrons. The van der Waals surface area contributed by atoms with Crippen LogP contribution in [0, 0.1) is 0 Å². The zero-order valence-corrected chi connectivity index (χ0v) is 16.1. The van der Waals surface area contributed by atoms with Crippen LogP contribution in [0.3, 0.4) is 0 Å². The summed E-state index contributed by atoms with van der Waals surface area (Å²) in [7, 11) is 3.32. The number of carbonyl (C=O) groups is 1. The molecule has 1 N–H and O–H groups in total. The first-order chi connectivity index (χ1) is 13.7. The van der Waals surface area contributed by atoms with Crippen LogP contribution < -0.4 is 4.74 Å². The highest BCUT2D eigenvalue weighted by atomic mass is 16.5. The topological polar surface area (TPSA) is 67.5 Å². The Bertz CT molecular complexity index is 979. The third-order valence-corrected chi connectivity index (χ3v) is 5.03. The van der Waals surface area contributed by atoms with E-state index >= 15 is 0 Å². The van der Waals surface area contributed by atoms with Gasteiger partial charge in [-0.3, -0.25) is 9.89 Å². The highest BCUT2D eigenvalue weighted by molar-refractivity contribution is 5.83. The van der Waals surface area contributed by atoms with E-state index in [4.69, 9.17) is 9.47 Å². The summed E-state index contributed by atoms with van der Waals surface area (Å²) in [6, 6.07) is 15.9. The maximum Gasteiger partial charge on any atom is 0.227 e. The van der Waals surface area contributed by atoms with Gasteiger partial charge in [0.1, 0.15) is 5.75 Å². The molecule has 4 rings (SSSR count). The minimum atomic E-state index is 0.110. The molecule has 0 unspecified atom stereocenters. The molecule has 0 saturated heterocycles. The highest BCUT2D eigenvalue weighted by Crippen LogP contribution is 2.30. The lowest BCUT2D eigenvalue weighted by atomic mass is 9.98. The maximum absolute atomic E-state index is 12.8. The van der Waals surface area contributed by atoms with Gasteiger partial charge in [-0.05, 0) is 29.3 Å². The average molecular weight is 377 g/mol. The number of H-pyrrole nitrogens is 1. The predicted octanol–water partition coefficient (Wildman–Crippen LogP) is 3.32. The van der Waals surface area contributed by atoms with Gasteiger partial charge in [-0.15, -0.1) is 0 Å². The Balaban J connectivity index is 1.55. The van der Waals surface area contributed by atoms with Crippen molar-refractivity contribution in [1.82, 2.24) is 15.1 Å². The van der Waals surface area contributed by atoms with Crippen LogP contribution >= 0.6 is 0 Å². The van der Waals surface area contributed by atoms with Crippen LogP contribution in [0.4, 0.5) is 0 Å². The first kappa shape index (κ1) is 18.3. The molecule has 0 aliphatic carbocycles. The summed E-state index contributed by atoms with van der Waals surface area (Å²) < 4.78 is 10.4. The Labute approximate surface area is 164 Å².